The van der Waals surface area contributed by atoms with E-state index in [1.165, 1.54) is 11.8 Å². The van der Waals surface area contributed by atoms with Crippen LogP contribution in [0.25, 0.3) is 27.5 Å². The highest BCUT2D eigenvalue weighted by Gasteiger charge is 2.27. The van der Waals surface area contributed by atoms with Crippen LogP contribution >= 0.6 is 11.6 Å². The number of hydrogen-bond donors (Lipinski definition) is 0. The van der Waals surface area contributed by atoms with Gasteiger partial charge in [-0.2, -0.15) is 9.78 Å². The van der Waals surface area contributed by atoms with Crippen molar-refractivity contribution in [2.24, 2.45) is 7.05 Å². The summed E-state index contributed by atoms with van der Waals surface area (Å²) in [6, 6.07) is 19.9. The summed E-state index contributed by atoms with van der Waals surface area (Å²) >= 11 is 6.38. The van der Waals surface area contributed by atoms with Gasteiger partial charge in [-0.05, 0) is 62.4 Å². The Bertz CT molecular complexity index is 1720. The molecule has 0 aliphatic heterocycles. The first-order chi connectivity index (χ1) is 18.4. The van der Waals surface area contributed by atoms with Gasteiger partial charge in [0.25, 0.3) is 11.5 Å². The van der Waals surface area contributed by atoms with Crippen molar-refractivity contribution in [1.82, 2.24) is 14.3 Å². The maximum atomic E-state index is 14.2. The lowest BCUT2D eigenvalue weighted by molar-refractivity contribution is 0.0983. The first-order valence-electron chi connectivity index (χ1n) is 12.3. The molecule has 0 saturated carbocycles. The number of ether oxygens (including phenoxy) is 2. The van der Waals surface area contributed by atoms with Gasteiger partial charge in [0.1, 0.15) is 17.0 Å². The van der Waals surface area contributed by atoms with E-state index < -0.39 is 0 Å². The monoisotopic (exact) mass is 530 g/mol. The Kier molecular flexibility index (Phi) is 6.82. The smallest absolute Gasteiger partial charge is 0.296 e. The topological polar surface area (TPSA) is 78.6 Å². The van der Waals surface area contributed by atoms with Gasteiger partial charge in [-0.3, -0.25) is 9.59 Å². The molecule has 8 nitrogen and oxygen atoms in total. The lowest BCUT2D eigenvalue weighted by Crippen LogP contribution is -2.34. The van der Waals surface area contributed by atoms with Crippen molar-refractivity contribution in [3.05, 3.63) is 87.8 Å². The summed E-state index contributed by atoms with van der Waals surface area (Å²) in [5.41, 5.74) is 2.12. The Labute approximate surface area is 224 Å². The second kappa shape index (κ2) is 10.2. The second-order valence-corrected chi connectivity index (χ2v) is 9.07. The summed E-state index contributed by atoms with van der Waals surface area (Å²) in [5.74, 6) is 0.865. The van der Waals surface area contributed by atoms with Gasteiger partial charge < -0.3 is 18.9 Å². The number of amides is 1. The Morgan fingerprint density at radius 3 is 2.45 bits per heavy atom. The van der Waals surface area contributed by atoms with E-state index in [1.54, 1.807) is 27.7 Å². The van der Waals surface area contributed by atoms with E-state index in [4.69, 9.17) is 21.1 Å². The van der Waals surface area contributed by atoms with Gasteiger partial charge >= 0.3 is 0 Å². The molecule has 0 aliphatic rings. The average Bonchev–Trinajstić information content (AvgIpc) is 3.23. The molecule has 2 heterocycles. The summed E-state index contributed by atoms with van der Waals surface area (Å²) < 4.78 is 13.9. The van der Waals surface area contributed by atoms with Crippen molar-refractivity contribution in [3.63, 3.8) is 0 Å². The van der Waals surface area contributed by atoms with Crippen LogP contribution in [0, 0.1) is 0 Å². The fraction of sp³-hybridized carbons (Fsp3) is 0.207. The van der Waals surface area contributed by atoms with E-state index >= 15 is 0 Å². The van der Waals surface area contributed by atoms with Crippen LogP contribution < -0.4 is 19.9 Å². The summed E-state index contributed by atoms with van der Waals surface area (Å²) in [6.07, 6.45) is 0. The van der Waals surface area contributed by atoms with Gasteiger partial charge in [-0.25, -0.2) is 0 Å². The van der Waals surface area contributed by atoms with Crippen molar-refractivity contribution >= 4 is 45.0 Å². The molecule has 0 bridgehead atoms. The predicted molar refractivity (Wildman–Crippen MR) is 150 cm³/mol. The molecule has 194 valence electrons. The predicted octanol–water partition coefficient (Wildman–Crippen LogP) is 5.60. The summed E-state index contributed by atoms with van der Waals surface area (Å²) in [5, 5.41) is 6.27. The number of methoxy groups -OCH3 is 1. The highest BCUT2D eigenvalue weighted by Crippen LogP contribution is 2.31. The molecule has 2 aromatic heterocycles. The van der Waals surface area contributed by atoms with E-state index in [2.05, 4.69) is 5.10 Å². The Morgan fingerprint density at radius 2 is 1.79 bits per heavy atom. The molecule has 5 aromatic rings. The van der Waals surface area contributed by atoms with Crippen molar-refractivity contribution in [2.75, 3.05) is 25.2 Å². The number of aryl methyl sites for hydroxylation is 1. The molecule has 0 unspecified atom stereocenters. The number of nitrogens with zero attached hydrogens (tertiary/aromatic N) is 4. The summed E-state index contributed by atoms with van der Waals surface area (Å²) in [7, 11) is 3.33. The van der Waals surface area contributed by atoms with Crippen LogP contribution in [0.15, 0.2) is 71.5 Å². The third-order valence-corrected chi connectivity index (χ3v) is 6.84. The molecule has 9 heteroatoms. The first-order valence-corrected chi connectivity index (χ1v) is 12.7. The number of rotatable bonds is 7. The molecule has 38 heavy (non-hydrogen) atoms. The van der Waals surface area contributed by atoms with Gasteiger partial charge in [-0.15, -0.1) is 0 Å². The van der Waals surface area contributed by atoms with Crippen LogP contribution in [0.3, 0.4) is 0 Å². The fourth-order valence-electron chi connectivity index (χ4n) is 4.75. The Balaban J connectivity index is 1.77. The molecule has 0 N–H and O–H groups in total. The number of fused-ring (bicyclic) bond motifs is 3. The van der Waals surface area contributed by atoms with Gasteiger partial charge in [0.15, 0.2) is 5.69 Å². The SMILES string of the molecule is CCOc1ccc(N(CC)C(=O)c2nn(-c3ccc(OC)c(Cl)c3)c(=O)c3c2c2ccccc2n3C)cc1. The quantitative estimate of drug-likeness (QED) is 0.273. The number of halogens is 1. The molecule has 1 amide bonds. The van der Waals surface area contributed by atoms with E-state index in [0.29, 0.717) is 46.2 Å². The number of anilines is 1. The molecule has 0 saturated heterocycles. The van der Waals surface area contributed by atoms with Crippen LogP contribution in [0.1, 0.15) is 24.3 Å². The average molecular weight is 531 g/mol. The first kappa shape index (κ1) is 25.4. The number of benzene rings is 3. The largest absolute Gasteiger partial charge is 0.495 e. The minimum absolute atomic E-state index is 0.166. The molecule has 3 aromatic carbocycles. The van der Waals surface area contributed by atoms with E-state index in [0.717, 1.165) is 16.7 Å². The minimum Gasteiger partial charge on any atom is -0.495 e. The molecule has 0 fully saturated rings. The number of para-hydroxylation sites is 1. The standard InChI is InChI=1S/C29H27ClN4O4/c1-5-33(18-11-14-20(15-12-18)38-6-2)28(35)26-25-21-9-7-8-10-23(21)32(3)27(25)29(36)34(31-26)19-13-16-24(37-4)22(30)17-19/h7-17H,5-6H2,1-4H3. The van der Waals surface area contributed by atoms with E-state index in [1.807, 2.05) is 69.4 Å². The lowest BCUT2D eigenvalue weighted by atomic mass is 10.1. The number of carbonyl (C=O) groups is 1. The normalized spacial score (nSPS) is 11.2. The second-order valence-electron chi connectivity index (χ2n) is 8.66. The highest BCUT2D eigenvalue weighted by atomic mass is 35.5. The van der Waals surface area contributed by atoms with Crippen molar-refractivity contribution in [3.8, 4) is 17.2 Å². The van der Waals surface area contributed by atoms with Crippen LogP contribution in [0.5, 0.6) is 11.5 Å². The zero-order valence-electron chi connectivity index (χ0n) is 21.6. The van der Waals surface area contributed by atoms with E-state index in [9.17, 15) is 9.59 Å². The molecule has 0 spiro atoms. The maximum Gasteiger partial charge on any atom is 0.296 e. The van der Waals surface area contributed by atoms with Gasteiger partial charge in [0.2, 0.25) is 0 Å². The maximum absolute atomic E-state index is 14.2. The van der Waals surface area contributed by atoms with Crippen LogP contribution in [-0.2, 0) is 7.05 Å². The van der Waals surface area contributed by atoms with Crippen LogP contribution in [0.2, 0.25) is 5.02 Å². The number of carbonyl (C=O) groups excluding carboxylic acids is 1. The van der Waals surface area contributed by atoms with Crippen molar-refractivity contribution < 1.29 is 14.3 Å². The van der Waals surface area contributed by atoms with Gasteiger partial charge in [-0.1, -0.05) is 29.8 Å². The Hall–Kier alpha value is -4.30. The van der Waals surface area contributed by atoms with E-state index in [-0.39, 0.29) is 17.2 Å². The van der Waals surface area contributed by atoms with Crippen LogP contribution in [0.4, 0.5) is 5.69 Å². The van der Waals surface area contributed by atoms with Gasteiger partial charge in [0, 0.05) is 35.6 Å². The summed E-state index contributed by atoms with van der Waals surface area (Å²) in [4.78, 5) is 29.6. The summed E-state index contributed by atoms with van der Waals surface area (Å²) in [6.45, 7) is 4.76. The molecule has 0 atom stereocenters. The third-order valence-electron chi connectivity index (χ3n) is 6.54. The highest BCUT2D eigenvalue weighted by molar-refractivity contribution is 6.32. The molecular weight excluding hydrogens is 504 g/mol. The zero-order valence-corrected chi connectivity index (χ0v) is 22.3. The fourth-order valence-corrected chi connectivity index (χ4v) is 5.00. The molecule has 5 rings (SSSR count). The number of hydrogen-bond acceptors (Lipinski definition) is 5. The minimum atomic E-state index is -0.361. The molecular formula is C29H27ClN4O4. The van der Waals surface area contributed by atoms with Crippen molar-refractivity contribution in [1.29, 1.82) is 0 Å². The van der Waals surface area contributed by atoms with Gasteiger partial charge in [0.05, 0.1) is 24.4 Å². The third kappa shape index (κ3) is 4.16. The lowest BCUT2D eigenvalue weighted by Gasteiger charge is -2.22. The zero-order chi connectivity index (χ0) is 27.0. The van der Waals surface area contributed by atoms with Crippen molar-refractivity contribution in [2.45, 2.75) is 13.8 Å². The Morgan fingerprint density at radius 1 is 1.05 bits per heavy atom. The molecule has 0 radical (unpaired) electrons. The number of aromatic nitrogens is 3. The van der Waals surface area contributed by atoms with Crippen LogP contribution in [-0.4, -0.2) is 40.5 Å². The molecule has 0 aliphatic carbocycles.